The molecule has 1 amide bonds. The zero-order valence-electron chi connectivity index (χ0n) is 8.47. The van der Waals surface area contributed by atoms with Crippen LogP contribution in [0.4, 0.5) is 5.69 Å². The third kappa shape index (κ3) is 3.29. The molecule has 1 aromatic carbocycles. The second-order valence-electron chi connectivity index (χ2n) is 3.38. The van der Waals surface area contributed by atoms with Crippen LogP contribution in [0.15, 0.2) is 21.1 Å². The molecular formula is C10H12Br2N2O. The van der Waals surface area contributed by atoms with Gasteiger partial charge in [0.2, 0.25) is 5.91 Å². The second-order valence-corrected chi connectivity index (χ2v) is 5.09. The van der Waals surface area contributed by atoms with Gasteiger partial charge in [-0.3, -0.25) is 4.79 Å². The highest BCUT2D eigenvalue weighted by atomic mass is 79.9. The molecule has 0 saturated heterocycles. The number of hydrogen-bond acceptors (Lipinski definition) is 2. The topological polar surface area (TPSA) is 55.1 Å². The van der Waals surface area contributed by atoms with Gasteiger partial charge in [-0.25, -0.2) is 0 Å². The lowest BCUT2D eigenvalue weighted by Crippen LogP contribution is -2.32. The summed E-state index contributed by atoms with van der Waals surface area (Å²) < 4.78 is 1.67. The van der Waals surface area contributed by atoms with Gasteiger partial charge in [0.15, 0.2) is 0 Å². The lowest BCUT2D eigenvalue weighted by molar-refractivity contribution is -0.117. The van der Waals surface area contributed by atoms with Crippen LogP contribution in [0.25, 0.3) is 0 Å². The smallest absolute Gasteiger partial charge is 0.241 e. The van der Waals surface area contributed by atoms with Gasteiger partial charge in [0, 0.05) is 8.95 Å². The summed E-state index contributed by atoms with van der Waals surface area (Å²) in [6, 6.07) is 3.34. The monoisotopic (exact) mass is 334 g/mol. The molecule has 3 N–H and O–H groups in total. The number of carbonyl (C=O) groups excluding carboxylic acids is 1. The predicted octanol–water partition coefficient (Wildman–Crippen LogP) is 2.81. The Morgan fingerprint density at radius 2 is 1.87 bits per heavy atom. The van der Waals surface area contributed by atoms with Gasteiger partial charge in [-0.05, 0) is 63.4 Å². The molecule has 1 rings (SSSR count). The first kappa shape index (κ1) is 12.7. The van der Waals surface area contributed by atoms with Crippen LogP contribution in [0.5, 0.6) is 0 Å². The van der Waals surface area contributed by atoms with Crippen LogP contribution in [0.1, 0.15) is 12.5 Å². The molecule has 0 aliphatic heterocycles. The van der Waals surface area contributed by atoms with Gasteiger partial charge in [0.25, 0.3) is 0 Å². The minimum absolute atomic E-state index is 0.208. The van der Waals surface area contributed by atoms with Crippen LogP contribution in [0, 0.1) is 6.92 Å². The molecule has 0 bridgehead atoms. The first-order valence-electron chi connectivity index (χ1n) is 4.44. The Bertz CT molecular complexity index is 368. The van der Waals surface area contributed by atoms with Crippen molar-refractivity contribution in [2.24, 2.45) is 5.73 Å². The van der Waals surface area contributed by atoms with Crippen molar-refractivity contribution in [3.05, 3.63) is 26.6 Å². The molecule has 0 radical (unpaired) electrons. The highest BCUT2D eigenvalue weighted by molar-refractivity contribution is 9.11. The van der Waals surface area contributed by atoms with Gasteiger partial charge in [0.05, 0.1) is 11.7 Å². The molecule has 3 nitrogen and oxygen atoms in total. The van der Waals surface area contributed by atoms with E-state index in [4.69, 9.17) is 5.73 Å². The molecule has 0 heterocycles. The maximum atomic E-state index is 11.4. The molecule has 0 fully saturated rings. The Morgan fingerprint density at radius 3 is 2.27 bits per heavy atom. The molecule has 0 aliphatic rings. The number of nitrogens with one attached hydrogen (secondary N) is 1. The van der Waals surface area contributed by atoms with E-state index in [9.17, 15) is 4.79 Å². The first-order valence-corrected chi connectivity index (χ1v) is 6.02. The lowest BCUT2D eigenvalue weighted by atomic mass is 10.2. The van der Waals surface area contributed by atoms with Gasteiger partial charge < -0.3 is 11.1 Å². The second kappa shape index (κ2) is 5.09. The summed E-state index contributed by atoms with van der Waals surface area (Å²) in [5, 5.41) is 2.75. The van der Waals surface area contributed by atoms with Crippen molar-refractivity contribution in [3.8, 4) is 0 Å². The van der Waals surface area contributed by atoms with Crippen molar-refractivity contribution in [1.29, 1.82) is 0 Å². The number of hydrogen-bond donors (Lipinski definition) is 2. The van der Waals surface area contributed by atoms with Crippen LogP contribution >= 0.6 is 31.9 Å². The molecule has 82 valence electrons. The highest BCUT2D eigenvalue weighted by Gasteiger charge is 2.12. The normalized spacial score (nSPS) is 12.3. The fourth-order valence-corrected chi connectivity index (χ4v) is 2.67. The van der Waals surface area contributed by atoms with Gasteiger partial charge in [-0.15, -0.1) is 0 Å². The molecule has 0 saturated carbocycles. The lowest BCUT2D eigenvalue weighted by Gasteiger charge is -2.12. The maximum absolute atomic E-state index is 11.4. The number of amides is 1. The van der Waals surface area contributed by atoms with E-state index in [-0.39, 0.29) is 5.91 Å². The van der Waals surface area contributed by atoms with Gasteiger partial charge in [0.1, 0.15) is 0 Å². The first-order chi connectivity index (χ1) is 6.91. The number of aryl methyl sites for hydroxylation is 1. The van der Waals surface area contributed by atoms with E-state index in [2.05, 4.69) is 37.2 Å². The van der Waals surface area contributed by atoms with E-state index in [1.165, 1.54) is 0 Å². The molecule has 0 aromatic heterocycles. The summed E-state index contributed by atoms with van der Waals surface area (Å²) in [6.07, 6.45) is 0. The van der Waals surface area contributed by atoms with Crippen LogP contribution in [-0.2, 0) is 4.79 Å². The summed E-state index contributed by atoms with van der Waals surface area (Å²) in [5.41, 5.74) is 7.29. The van der Waals surface area contributed by atoms with Crippen LogP contribution in [0.2, 0.25) is 0 Å². The molecule has 15 heavy (non-hydrogen) atoms. The third-order valence-corrected chi connectivity index (χ3v) is 3.10. The van der Waals surface area contributed by atoms with Crippen molar-refractivity contribution >= 4 is 43.5 Å². The average Bonchev–Trinajstić information content (AvgIpc) is 2.10. The Morgan fingerprint density at radius 1 is 1.40 bits per heavy atom. The van der Waals surface area contributed by atoms with Gasteiger partial charge in [-0.2, -0.15) is 0 Å². The van der Waals surface area contributed by atoms with Crippen molar-refractivity contribution < 1.29 is 4.79 Å². The van der Waals surface area contributed by atoms with Crippen LogP contribution < -0.4 is 11.1 Å². The number of rotatable bonds is 2. The van der Waals surface area contributed by atoms with E-state index >= 15 is 0 Å². The molecule has 0 unspecified atom stereocenters. The van der Waals surface area contributed by atoms with Crippen LogP contribution in [-0.4, -0.2) is 11.9 Å². The minimum Gasteiger partial charge on any atom is -0.323 e. The molecule has 5 heteroatoms. The number of halogens is 2. The molecule has 0 aliphatic carbocycles. The number of nitrogens with two attached hydrogens (primary N) is 1. The van der Waals surface area contributed by atoms with E-state index < -0.39 is 6.04 Å². The van der Waals surface area contributed by atoms with Gasteiger partial charge >= 0.3 is 0 Å². The predicted molar refractivity (Wildman–Crippen MR) is 68.9 cm³/mol. The Hall–Kier alpha value is -0.390. The summed E-state index contributed by atoms with van der Waals surface area (Å²) in [5.74, 6) is -0.208. The summed E-state index contributed by atoms with van der Waals surface area (Å²) in [7, 11) is 0. The fraction of sp³-hybridized carbons (Fsp3) is 0.300. The number of carbonyl (C=O) groups is 1. The van der Waals surface area contributed by atoms with E-state index in [0.717, 1.165) is 14.5 Å². The van der Waals surface area contributed by atoms with E-state index in [1.807, 2.05) is 19.1 Å². The molecule has 0 spiro atoms. The third-order valence-electron chi connectivity index (χ3n) is 1.85. The average molecular weight is 336 g/mol. The number of benzene rings is 1. The minimum atomic E-state index is -0.523. The van der Waals surface area contributed by atoms with Crippen LogP contribution in [0.3, 0.4) is 0 Å². The highest BCUT2D eigenvalue weighted by Crippen LogP contribution is 2.32. The van der Waals surface area contributed by atoms with Crippen molar-refractivity contribution in [2.45, 2.75) is 19.9 Å². The summed E-state index contributed by atoms with van der Waals surface area (Å²) in [4.78, 5) is 11.4. The molecule has 1 aromatic rings. The number of anilines is 1. The Kier molecular flexibility index (Phi) is 4.31. The molecule has 1 atom stereocenters. The zero-order chi connectivity index (χ0) is 11.6. The Labute approximate surface area is 106 Å². The summed E-state index contributed by atoms with van der Waals surface area (Å²) in [6.45, 7) is 3.62. The van der Waals surface area contributed by atoms with E-state index in [1.54, 1.807) is 6.92 Å². The van der Waals surface area contributed by atoms with Crippen molar-refractivity contribution in [1.82, 2.24) is 0 Å². The fourth-order valence-electron chi connectivity index (χ4n) is 1.06. The SMILES string of the molecule is Cc1cc(Br)c(NC(=O)[C@H](C)N)c(Br)c1. The van der Waals surface area contributed by atoms with Crippen molar-refractivity contribution in [3.63, 3.8) is 0 Å². The summed E-state index contributed by atoms with van der Waals surface area (Å²) >= 11 is 6.78. The standard InChI is InChI=1S/C10H12Br2N2O/c1-5-3-7(11)9(8(12)4-5)14-10(15)6(2)13/h3-4,6H,13H2,1-2H3,(H,14,15)/t6-/m0/s1. The zero-order valence-corrected chi connectivity index (χ0v) is 11.6. The molecular weight excluding hydrogens is 324 g/mol. The quantitative estimate of drug-likeness (QED) is 0.873. The van der Waals surface area contributed by atoms with Gasteiger partial charge in [-0.1, -0.05) is 0 Å². The largest absolute Gasteiger partial charge is 0.323 e. The van der Waals surface area contributed by atoms with E-state index in [0.29, 0.717) is 5.69 Å². The van der Waals surface area contributed by atoms with Crippen molar-refractivity contribution in [2.75, 3.05) is 5.32 Å². The maximum Gasteiger partial charge on any atom is 0.241 e. The Balaban J connectivity index is 3.00.